The van der Waals surface area contributed by atoms with Crippen LogP contribution in [0.2, 0.25) is 0 Å². The van der Waals surface area contributed by atoms with Crippen LogP contribution in [0, 0.1) is 6.92 Å². The van der Waals surface area contributed by atoms with E-state index in [-0.39, 0.29) is 24.9 Å². The molecule has 0 aliphatic carbocycles. The van der Waals surface area contributed by atoms with Crippen LogP contribution in [0.4, 0.5) is 0 Å². The summed E-state index contributed by atoms with van der Waals surface area (Å²) in [5.41, 5.74) is 0.454. The molecule has 1 aliphatic rings. The van der Waals surface area contributed by atoms with Crippen molar-refractivity contribution >= 4 is 11.0 Å². The van der Waals surface area contributed by atoms with Crippen molar-refractivity contribution in [2.24, 2.45) is 0 Å². The van der Waals surface area contributed by atoms with E-state index in [4.69, 9.17) is 24.0 Å². The van der Waals surface area contributed by atoms with Crippen molar-refractivity contribution in [1.82, 2.24) is 0 Å². The van der Waals surface area contributed by atoms with E-state index in [9.17, 15) is 30.3 Å². The molecular formula is C23H32O11. The van der Waals surface area contributed by atoms with Crippen LogP contribution in [0.3, 0.4) is 0 Å². The maximum atomic E-state index is 12.6. The summed E-state index contributed by atoms with van der Waals surface area (Å²) in [5.74, 6) is 0.940. The van der Waals surface area contributed by atoms with Crippen molar-refractivity contribution < 1.29 is 49.6 Å². The standard InChI is InChI=1S/C23H32O11/c1-11-6-15(26)14-7-12-8-18(34-31-10-17(28)20(30)19(29)16(27)9-25)23(2,3)33-21(12)13(4-5-24)22(14)32-11/h6-7,16-20,24-25,27-30H,4-5,8-10H2,1-3H3/t16-,17+,18-,19-,20-/m1/s1. The summed E-state index contributed by atoms with van der Waals surface area (Å²) < 4.78 is 12.0. The van der Waals surface area contributed by atoms with E-state index in [1.54, 1.807) is 26.8 Å². The molecule has 0 amide bonds. The van der Waals surface area contributed by atoms with Gasteiger partial charge < -0.3 is 39.8 Å². The van der Waals surface area contributed by atoms with Gasteiger partial charge >= 0.3 is 0 Å². The fraction of sp³-hybridized carbons (Fsp3) is 0.609. The molecule has 1 aromatic heterocycles. The van der Waals surface area contributed by atoms with Crippen molar-refractivity contribution in [3.05, 3.63) is 39.2 Å². The molecule has 0 unspecified atom stereocenters. The third-order valence-electron chi connectivity index (χ3n) is 5.92. The zero-order valence-electron chi connectivity index (χ0n) is 19.3. The first-order valence-corrected chi connectivity index (χ1v) is 11.0. The molecule has 34 heavy (non-hydrogen) atoms. The fourth-order valence-electron chi connectivity index (χ4n) is 3.91. The summed E-state index contributed by atoms with van der Waals surface area (Å²) in [6, 6.07) is 3.05. The highest BCUT2D eigenvalue weighted by molar-refractivity contribution is 5.84. The minimum absolute atomic E-state index is 0.174. The van der Waals surface area contributed by atoms with E-state index < -0.39 is 49.3 Å². The molecule has 0 spiro atoms. The van der Waals surface area contributed by atoms with Gasteiger partial charge in [-0.05, 0) is 32.4 Å². The van der Waals surface area contributed by atoms with E-state index in [2.05, 4.69) is 0 Å². The summed E-state index contributed by atoms with van der Waals surface area (Å²) in [6.07, 6.45) is -6.99. The Balaban J connectivity index is 1.80. The molecule has 2 heterocycles. The van der Waals surface area contributed by atoms with E-state index in [1.807, 2.05) is 0 Å². The van der Waals surface area contributed by atoms with Gasteiger partial charge in [-0.1, -0.05) is 0 Å². The molecule has 0 bridgehead atoms. The van der Waals surface area contributed by atoms with Crippen molar-refractivity contribution in [3.63, 3.8) is 0 Å². The van der Waals surface area contributed by atoms with Gasteiger partial charge in [-0.15, -0.1) is 0 Å². The van der Waals surface area contributed by atoms with Crippen LogP contribution in [-0.4, -0.2) is 86.6 Å². The number of ether oxygens (including phenoxy) is 1. The van der Waals surface area contributed by atoms with Crippen molar-refractivity contribution in [2.45, 2.75) is 69.7 Å². The Hall–Kier alpha value is -2.09. The van der Waals surface area contributed by atoms with E-state index in [1.165, 1.54) is 6.07 Å². The first kappa shape index (κ1) is 26.5. The summed E-state index contributed by atoms with van der Waals surface area (Å²) >= 11 is 0. The molecule has 11 nitrogen and oxygen atoms in total. The number of aryl methyl sites for hydroxylation is 1. The highest BCUT2D eigenvalue weighted by Gasteiger charge is 2.41. The van der Waals surface area contributed by atoms with Gasteiger partial charge in [-0.25, -0.2) is 9.78 Å². The lowest BCUT2D eigenvalue weighted by molar-refractivity contribution is -0.358. The lowest BCUT2D eigenvalue weighted by atomic mass is 9.88. The van der Waals surface area contributed by atoms with Gasteiger partial charge in [0.15, 0.2) is 5.43 Å². The Labute approximate surface area is 195 Å². The summed E-state index contributed by atoms with van der Waals surface area (Å²) in [4.78, 5) is 23.1. The van der Waals surface area contributed by atoms with Gasteiger partial charge in [-0.2, -0.15) is 0 Å². The molecule has 1 aromatic carbocycles. The molecular weight excluding hydrogens is 452 g/mol. The SMILES string of the molecule is Cc1cc(=O)c2cc3c(c(CCO)c2o1)OC(C)(C)[C@H](OOC[C@H](O)[C@@H](O)[C@H](O)[C@H](O)CO)C3. The van der Waals surface area contributed by atoms with Crippen molar-refractivity contribution in [2.75, 3.05) is 19.8 Å². The van der Waals surface area contributed by atoms with Gasteiger partial charge in [-0.3, -0.25) is 4.79 Å². The second-order valence-electron chi connectivity index (χ2n) is 8.99. The van der Waals surface area contributed by atoms with Crippen LogP contribution in [0.15, 0.2) is 21.3 Å². The van der Waals surface area contributed by atoms with E-state index >= 15 is 0 Å². The second-order valence-corrected chi connectivity index (χ2v) is 8.99. The molecule has 190 valence electrons. The summed E-state index contributed by atoms with van der Waals surface area (Å²) in [5, 5.41) is 57.8. The number of rotatable bonds is 10. The molecule has 6 N–H and O–H groups in total. The Morgan fingerprint density at radius 2 is 1.79 bits per heavy atom. The normalized spacial score (nSPS) is 20.9. The second kappa shape index (κ2) is 10.7. The van der Waals surface area contributed by atoms with Gasteiger partial charge in [0, 0.05) is 31.1 Å². The monoisotopic (exact) mass is 484 g/mol. The third-order valence-corrected chi connectivity index (χ3v) is 5.92. The average molecular weight is 484 g/mol. The summed E-state index contributed by atoms with van der Waals surface area (Å²) in [7, 11) is 0. The maximum Gasteiger partial charge on any atom is 0.192 e. The Kier molecular flexibility index (Phi) is 8.32. The number of aliphatic hydroxyl groups is 6. The molecule has 3 rings (SSSR count). The predicted molar refractivity (Wildman–Crippen MR) is 118 cm³/mol. The predicted octanol–water partition coefficient (Wildman–Crippen LogP) is -0.898. The van der Waals surface area contributed by atoms with Gasteiger partial charge in [0.25, 0.3) is 0 Å². The van der Waals surface area contributed by atoms with Gasteiger partial charge in [0.1, 0.15) is 59.8 Å². The fourth-order valence-corrected chi connectivity index (χ4v) is 3.91. The smallest absolute Gasteiger partial charge is 0.192 e. The van der Waals surface area contributed by atoms with E-state index in [0.717, 1.165) is 0 Å². The average Bonchev–Trinajstić information content (AvgIpc) is 2.78. The molecule has 0 saturated carbocycles. The Morgan fingerprint density at radius 3 is 2.44 bits per heavy atom. The van der Waals surface area contributed by atoms with Crippen LogP contribution in [0.5, 0.6) is 5.75 Å². The highest BCUT2D eigenvalue weighted by atomic mass is 17.2. The number of hydrogen-bond acceptors (Lipinski definition) is 11. The van der Waals surface area contributed by atoms with Crippen LogP contribution in [0.1, 0.15) is 30.7 Å². The maximum absolute atomic E-state index is 12.6. The number of hydrogen-bond donors (Lipinski definition) is 6. The summed E-state index contributed by atoms with van der Waals surface area (Å²) in [6.45, 7) is 3.69. The minimum Gasteiger partial charge on any atom is -0.484 e. The Morgan fingerprint density at radius 1 is 1.12 bits per heavy atom. The lowest BCUT2D eigenvalue weighted by Gasteiger charge is -2.39. The first-order chi connectivity index (χ1) is 16.0. The number of aliphatic hydroxyl groups excluding tert-OH is 6. The molecule has 5 atom stereocenters. The van der Waals surface area contributed by atoms with Gasteiger partial charge in [0.2, 0.25) is 0 Å². The van der Waals surface area contributed by atoms with Gasteiger partial charge in [0.05, 0.1) is 12.0 Å². The van der Waals surface area contributed by atoms with E-state index in [0.29, 0.717) is 33.6 Å². The largest absolute Gasteiger partial charge is 0.484 e. The van der Waals surface area contributed by atoms with Crippen LogP contribution in [-0.2, 0) is 22.6 Å². The molecule has 0 radical (unpaired) electrons. The molecule has 1 aliphatic heterocycles. The van der Waals surface area contributed by atoms with Crippen LogP contribution in [0.25, 0.3) is 11.0 Å². The topological polar surface area (TPSA) is 179 Å². The number of benzene rings is 1. The quantitative estimate of drug-likeness (QED) is 0.182. The minimum atomic E-state index is -1.78. The number of fused-ring (bicyclic) bond motifs is 2. The Bertz CT molecular complexity index is 1050. The highest BCUT2D eigenvalue weighted by Crippen LogP contribution is 2.41. The van der Waals surface area contributed by atoms with Crippen LogP contribution < -0.4 is 10.2 Å². The zero-order chi connectivity index (χ0) is 25.2. The molecule has 2 aromatic rings. The molecule has 0 saturated heterocycles. The first-order valence-electron chi connectivity index (χ1n) is 11.0. The molecule has 11 heteroatoms. The molecule has 0 fully saturated rings. The third kappa shape index (κ3) is 5.42. The van der Waals surface area contributed by atoms with Crippen molar-refractivity contribution in [1.29, 1.82) is 0 Å². The lowest BCUT2D eigenvalue weighted by Crippen LogP contribution is -2.49. The van der Waals surface area contributed by atoms with Crippen molar-refractivity contribution in [3.8, 4) is 5.75 Å². The zero-order valence-corrected chi connectivity index (χ0v) is 19.3. The van der Waals surface area contributed by atoms with Crippen LogP contribution >= 0.6 is 0 Å².